The summed E-state index contributed by atoms with van der Waals surface area (Å²) in [6.07, 6.45) is 3.74. The second kappa shape index (κ2) is 7.42. The third-order valence-corrected chi connectivity index (χ3v) is 2.18. The Kier molecular flexibility index (Phi) is 5.84. The molecule has 0 aromatic heterocycles. The van der Waals surface area contributed by atoms with Gasteiger partial charge in [0.1, 0.15) is 5.75 Å². The summed E-state index contributed by atoms with van der Waals surface area (Å²) < 4.78 is 28.0. The highest BCUT2D eigenvalue weighted by Crippen LogP contribution is 2.14. The molecule has 0 aliphatic rings. The Hall–Kier alpha value is -1.91. The molecule has 0 bridgehead atoms. The van der Waals surface area contributed by atoms with Gasteiger partial charge in [0.15, 0.2) is 0 Å². The molecule has 0 radical (unpaired) electrons. The molecule has 0 aliphatic heterocycles. The number of allylic oxidation sites excluding steroid dienone is 1. The van der Waals surface area contributed by atoms with E-state index in [1.165, 1.54) is 18.2 Å². The van der Waals surface area contributed by atoms with Crippen molar-refractivity contribution < 1.29 is 18.3 Å². The molecule has 0 fully saturated rings. The summed E-state index contributed by atoms with van der Waals surface area (Å²) in [4.78, 5) is 11.1. The molecule has 0 spiro atoms. The smallest absolute Gasteiger partial charge is 0.387 e. The van der Waals surface area contributed by atoms with Crippen molar-refractivity contribution in [1.29, 1.82) is 0 Å². The van der Waals surface area contributed by atoms with Crippen LogP contribution < -0.4 is 10.1 Å². The lowest BCUT2D eigenvalue weighted by Gasteiger charge is -2.06. The van der Waals surface area contributed by atoms with Crippen molar-refractivity contribution in [3.63, 3.8) is 0 Å². The van der Waals surface area contributed by atoms with Gasteiger partial charge in [-0.3, -0.25) is 4.79 Å². The van der Waals surface area contributed by atoms with Gasteiger partial charge in [-0.15, -0.1) is 0 Å². The fourth-order valence-corrected chi connectivity index (χ4v) is 1.38. The van der Waals surface area contributed by atoms with Gasteiger partial charge in [0, 0.05) is 6.54 Å². The zero-order valence-corrected chi connectivity index (χ0v) is 10.0. The van der Waals surface area contributed by atoms with E-state index in [0.29, 0.717) is 13.0 Å². The van der Waals surface area contributed by atoms with E-state index in [1.807, 2.05) is 0 Å². The minimum Gasteiger partial charge on any atom is -0.435 e. The maximum atomic E-state index is 11.9. The fraction of sp³-hybridized carbons (Fsp3) is 0.308. The molecule has 0 heterocycles. The first-order valence-corrected chi connectivity index (χ1v) is 5.56. The molecule has 0 atom stereocenters. The molecule has 0 unspecified atom stereocenters. The Labute approximate surface area is 104 Å². The predicted molar refractivity (Wildman–Crippen MR) is 64.6 cm³/mol. The molecular formula is C13H15F2NO2. The van der Waals surface area contributed by atoms with E-state index in [-0.39, 0.29) is 11.7 Å². The standard InChI is InChI=1S/C13H15F2NO2/c1-2-3-12(17)16-9-8-10-4-6-11(7-5-10)18-13(14)15/h2-7,13H,8-9H2,1H3,(H,16,17)/b3-2+. The molecule has 18 heavy (non-hydrogen) atoms. The van der Waals surface area contributed by atoms with Gasteiger partial charge in [-0.25, -0.2) is 0 Å². The van der Waals surface area contributed by atoms with E-state index in [9.17, 15) is 13.6 Å². The summed E-state index contributed by atoms with van der Waals surface area (Å²) in [6, 6.07) is 6.35. The van der Waals surface area contributed by atoms with E-state index in [2.05, 4.69) is 10.1 Å². The molecule has 0 saturated carbocycles. The minimum atomic E-state index is -2.81. The van der Waals surface area contributed by atoms with Gasteiger partial charge in [0.25, 0.3) is 0 Å². The number of amides is 1. The zero-order valence-electron chi connectivity index (χ0n) is 10.0. The topological polar surface area (TPSA) is 38.3 Å². The van der Waals surface area contributed by atoms with Crippen LogP contribution in [0.2, 0.25) is 0 Å². The maximum absolute atomic E-state index is 11.9. The normalized spacial score (nSPS) is 10.9. The number of hydrogen-bond donors (Lipinski definition) is 1. The van der Waals surface area contributed by atoms with Gasteiger partial charge in [0.05, 0.1) is 0 Å². The fourth-order valence-electron chi connectivity index (χ4n) is 1.38. The molecule has 1 aromatic rings. The molecule has 1 aromatic carbocycles. The van der Waals surface area contributed by atoms with Gasteiger partial charge in [-0.1, -0.05) is 18.2 Å². The van der Waals surface area contributed by atoms with E-state index in [4.69, 9.17) is 0 Å². The quantitative estimate of drug-likeness (QED) is 0.793. The molecule has 1 amide bonds. The number of nitrogens with one attached hydrogen (secondary N) is 1. The summed E-state index contributed by atoms with van der Waals surface area (Å²) in [5, 5.41) is 2.70. The summed E-state index contributed by atoms with van der Waals surface area (Å²) in [7, 11) is 0. The number of halogens is 2. The van der Waals surface area contributed by atoms with Crippen LogP contribution >= 0.6 is 0 Å². The van der Waals surface area contributed by atoms with Crippen LogP contribution in [0.4, 0.5) is 8.78 Å². The molecule has 0 aliphatic carbocycles. The van der Waals surface area contributed by atoms with E-state index in [0.717, 1.165) is 5.56 Å². The SMILES string of the molecule is C/C=C/C(=O)NCCc1ccc(OC(F)F)cc1. The highest BCUT2D eigenvalue weighted by atomic mass is 19.3. The van der Waals surface area contributed by atoms with Crippen molar-refractivity contribution in [2.75, 3.05) is 6.54 Å². The average Bonchev–Trinajstić information content (AvgIpc) is 2.31. The molecule has 1 N–H and O–H groups in total. The number of benzene rings is 1. The van der Waals surface area contributed by atoms with Crippen molar-refractivity contribution in [3.8, 4) is 5.75 Å². The summed E-state index contributed by atoms with van der Waals surface area (Å²) in [5.74, 6) is -0.0122. The van der Waals surface area contributed by atoms with Gasteiger partial charge in [-0.05, 0) is 37.1 Å². The first-order valence-electron chi connectivity index (χ1n) is 5.56. The number of ether oxygens (including phenoxy) is 1. The largest absolute Gasteiger partial charge is 0.435 e. The first kappa shape index (κ1) is 14.2. The van der Waals surface area contributed by atoms with Crippen LogP contribution in [0.25, 0.3) is 0 Å². The molecule has 98 valence electrons. The first-order chi connectivity index (χ1) is 8.61. The number of hydrogen-bond acceptors (Lipinski definition) is 2. The van der Waals surface area contributed by atoms with Crippen LogP contribution in [0.3, 0.4) is 0 Å². The van der Waals surface area contributed by atoms with Crippen molar-refractivity contribution >= 4 is 5.91 Å². The lowest BCUT2D eigenvalue weighted by atomic mass is 10.1. The second-order valence-corrected chi connectivity index (χ2v) is 3.56. The molecule has 0 saturated heterocycles. The lowest BCUT2D eigenvalue weighted by Crippen LogP contribution is -2.23. The Morgan fingerprint density at radius 3 is 2.61 bits per heavy atom. The van der Waals surface area contributed by atoms with Gasteiger partial charge >= 0.3 is 6.61 Å². The Bertz CT molecular complexity index is 402. The minimum absolute atomic E-state index is 0.131. The summed E-state index contributed by atoms with van der Waals surface area (Å²) in [6.45, 7) is -0.546. The van der Waals surface area contributed by atoms with E-state index >= 15 is 0 Å². The number of rotatable bonds is 6. The van der Waals surface area contributed by atoms with Gasteiger partial charge in [-0.2, -0.15) is 8.78 Å². The maximum Gasteiger partial charge on any atom is 0.387 e. The summed E-state index contributed by atoms with van der Waals surface area (Å²) in [5.41, 5.74) is 0.942. The van der Waals surface area contributed by atoms with E-state index < -0.39 is 6.61 Å². The Morgan fingerprint density at radius 1 is 1.39 bits per heavy atom. The Morgan fingerprint density at radius 2 is 2.06 bits per heavy atom. The molecular weight excluding hydrogens is 240 g/mol. The van der Waals surface area contributed by atoms with Crippen LogP contribution in [0.15, 0.2) is 36.4 Å². The van der Waals surface area contributed by atoms with Crippen molar-refractivity contribution in [2.24, 2.45) is 0 Å². The number of alkyl halides is 2. The van der Waals surface area contributed by atoms with Crippen LogP contribution in [0.5, 0.6) is 5.75 Å². The number of carbonyl (C=O) groups is 1. The van der Waals surface area contributed by atoms with Crippen LogP contribution in [-0.4, -0.2) is 19.1 Å². The van der Waals surface area contributed by atoms with Crippen molar-refractivity contribution in [2.45, 2.75) is 20.0 Å². The zero-order chi connectivity index (χ0) is 13.4. The van der Waals surface area contributed by atoms with Crippen molar-refractivity contribution in [3.05, 3.63) is 42.0 Å². The third-order valence-electron chi connectivity index (χ3n) is 2.18. The van der Waals surface area contributed by atoms with Gasteiger partial charge in [0.2, 0.25) is 5.91 Å². The second-order valence-electron chi connectivity index (χ2n) is 3.56. The van der Waals surface area contributed by atoms with Crippen LogP contribution in [0, 0.1) is 0 Å². The van der Waals surface area contributed by atoms with Crippen molar-refractivity contribution in [1.82, 2.24) is 5.32 Å². The third kappa shape index (κ3) is 5.43. The van der Waals surface area contributed by atoms with Crippen LogP contribution in [0.1, 0.15) is 12.5 Å². The Balaban J connectivity index is 2.37. The highest BCUT2D eigenvalue weighted by molar-refractivity contribution is 5.87. The van der Waals surface area contributed by atoms with Crippen LogP contribution in [-0.2, 0) is 11.2 Å². The van der Waals surface area contributed by atoms with E-state index in [1.54, 1.807) is 25.1 Å². The average molecular weight is 255 g/mol. The van der Waals surface area contributed by atoms with Gasteiger partial charge < -0.3 is 10.1 Å². The molecule has 3 nitrogen and oxygen atoms in total. The molecule has 5 heteroatoms. The monoisotopic (exact) mass is 255 g/mol. The number of carbonyl (C=O) groups excluding carboxylic acids is 1. The summed E-state index contributed by atoms with van der Waals surface area (Å²) >= 11 is 0. The predicted octanol–water partition coefficient (Wildman–Crippen LogP) is 2.52. The lowest BCUT2D eigenvalue weighted by molar-refractivity contribution is -0.116. The highest BCUT2D eigenvalue weighted by Gasteiger charge is 2.03. The molecule has 1 rings (SSSR count).